The molecule has 0 aliphatic rings. The van der Waals surface area contributed by atoms with Crippen LogP contribution < -0.4 is 14.8 Å². The van der Waals surface area contributed by atoms with Gasteiger partial charge in [0, 0.05) is 11.1 Å². The zero-order chi connectivity index (χ0) is 23.8. The number of benzene rings is 2. The first-order chi connectivity index (χ1) is 15.9. The number of aryl methyl sites for hydroxylation is 1. The average molecular weight is 489 g/mol. The first-order valence-corrected chi connectivity index (χ1v) is 12.2. The minimum atomic E-state index is -0.0338. The molecule has 3 rings (SSSR count). The Morgan fingerprint density at radius 1 is 1.18 bits per heavy atom. The Balaban J connectivity index is 1.79. The molecule has 2 aromatic carbocycles. The first-order valence-electron chi connectivity index (χ1n) is 10.8. The minimum absolute atomic E-state index is 0.0338. The van der Waals surface area contributed by atoms with Crippen LogP contribution in [0.15, 0.2) is 47.6 Å². The average Bonchev–Trinajstić information content (AvgIpc) is 3.21. The standard InChI is InChI=1S/C24H29ClN4O3S/c1-5-6-17(3)26-23(30)15-33-24-28-27-22(14-32-20-11-9-19(31-4)10-12-20)29(24)18-8-7-16(2)21(25)13-18/h7-13,17H,5-6,14-15H2,1-4H3,(H,26,30). The third-order valence-corrected chi connectivity index (χ3v) is 6.34. The quantitative estimate of drug-likeness (QED) is 0.373. The van der Waals surface area contributed by atoms with Gasteiger partial charge >= 0.3 is 0 Å². The summed E-state index contributed by atoms with van der Waals surface area (Å²) in [7, 11) is 1.62. The van der Waals surface area contributed by atoms with E-state index in [9.17, 15) is 4.79 Å². The third kappa shape index (κ3) is 6.88. The van der Waals surface area contributed by atoms with Crippen LogP contribution in [0, 0.1) is 6.92 Å². The number of nitrogens with zero attached hydrogens (tertiary/aromatic N) is 3. The second-order valence-electron chi connectivity index (χ2n) is 7.68. The Morgan fingerprint density at radius 2 is 1.91 bits per heavy atom. The maximum atomic E-state index is 12.4. The molecule has 0 spiro atoms. The Hall–Kier alpha value is -2.71. The van der Waals surface area contributed by atoms with E-state index >= 15 is 0 Å². The van der Waals surface area contributed by atoms with Crippen LogP contribution in [-0.4, -0.2) is 39.6 Å². The fraction of sp³-hybridized carbons (Fsp3) is 0.375. The van der Waals surface area contributed by atoms with Gasteiger partial charge in [-0.3, -0.25) is 9.36 Å². The molecule has 7 nitrogen and oxygen atoms in total. The molecule has 0 saturated carbocycles. The summed E-state index contributed by atoms with van der Waals surface area (Å²) >= 11 is 7.71. The molecule has 0 radical (unpaired) electrons. The number of aromatic nitrogens is 3. The van der Waals surface area contributed by atoms with Crippen molar-refractivity contribution >= 4 is 29.3 Å². The van der Waals surface area contributed by atoms with Gasteiger partial charge in [0.15, 0.2) is 11.0 Å². The number of nitrogens with one attached hydrogen (secondary N) is 1. The Labute approximate surface area is 203 Å². The van der Waals surface area contributed by atoms with Crippen molar-refractivity contribution in [1.29, 1.82) is 0 Å². The van der Waals surface area contributed by atoms with E-state index in [1.165, 1.54) is 11.8 Å². The molecule has 1 aromatic heterocycles. The van der Waals surface area contributed by atoms with E-state index in [1.54, 1.807) is 7.11 Å². The van der Waals surface area contributed by atoms with Gasteiger partial charge in [-0.15, -0.1) is 10.2 Å². The number of thioether (sulfide) groups is 1. The Bertz CT molecular complexity index is 1070. The second-order valence-corrected chi connectivity index (χ2v) is 9.03. The molecule has 0 fully saturated rings. The van der Waals surface area contributed by atoms with Gasteiger partial charge in [-0.2, -0.15) is 0 Å². The van der Waals surface area contributed by atoms with E-state index in [0.717, 1.165) is 29.8 Å². The number of halogens is 1. The number of methoxy groups -OCH3 is 1. The van der Waals surface area contributed by atoms with Crippen LogP contribution in [0.2, 0.25) is 5.02 Å². The molecular weight excluding hydrogens is 460 g/mol. The smallest absolute Gasteiger partial charge is 0.230 e. The summed E-state index contributed by atoms with van der Waals surface area (Å²) in [5.74, 6) is 2.25. The summed E-state index contributed by atoms with van der Waals surface area (Å²) in [4.78, 5) is 12.4. The lowest BCUT2D eigenvalue weighted by Gasteiger charge is -2.14. The largest absolute Gasteiger partial charge is 0.497 e. The van der Waals surface area contributed by atoms with Crippen LogP contribution in [0.3, 0.4) is 0 Å². The van der Waals surface area contributed by atoms with Crippen molar-refractivity contribution in [2.24, 2.45) is 0 Å². The zero-order valence-electron chi connectivity index (χ0n) is 19.3. The van der Waals surface area contributed by atoms with Gasteiger partial charge in [0.1, 0.15) is 18.1 Å². The molecule has 1 heterocycles. The summed E-state index contributed by atoms with van der Waals surface area (Å²) in [6.45, 7) is 6.26. The van der Waals surface area contributed by atoms with Crippen LogP contribution >= 0.6 is 23.4 Å². The molecule has 1 atom stereocenters. The van der Waals surface area contributed by atoms with Crippen LogP contribution in [-0.2, 0) is 11.4 Å². The summed E-state index contributed by atoms with van der Waals surface area (Å²) in [5, 5.41) is 12.9. The van der Waals surface area contributed by atoms with Crippen molar-refractivity contribution in [3.63, 3.8) is 0 Å². The number of carbonyl (C=O) groups excluding carboxylic acids is 1. The van der Waals surface area contributed by atoms with E-state index in [4.69, 9.17) is 21.1 Å². The van der Waals surface area contributed by atoms with Crippen molar-refractivity contribution in [1.82, 2.24) is 20.1 Å². The van der Waals surface area contributed by atoms with Gasteiger partial charge in [-0.05, 0) is 62.2 Å². The molecule has 33 heavy (non-hydrogen) atoms. The van der Waals surface area contributed by atoms with E-state index in [1.807, 2.05) is 60.9 Å². The van der Waals surface area contributed by atoms with E-state index in [-0.39, 0.29) is 24.3 Å². The molecule has 9 heteroatoms. The number of ether oxygens (including phenoxy) is 2. The van der Waals surface area contributed by atoms with Crippen LogP contribution in [0.4, 0.5) is 0 Å². The highest BCUT2D eigenvalue weighted by Crippen LogP contribution is 2.26. The molecule has 0 aliphatic heterocycles. The number of hydrogen-bond donors (Lipinski definition) is 1. The highest BCUT2D eigenvalue weighted by Gasteiger charge is 2.18. The highest BCUT2D eigenvalue weighted by atomic mass is 35.5. The van der Waals surface area contributed by atoms with Crippen LogP contribution in [0.25, 0.3) is 5.69 Å². The van der Waals surface area contributed by atoms with Crippen LogP contribution in [0.5, 0.6) is 11.5 Å². The SMILES string of the molecule is CCCC(C)NC(=O)CSc1nnc(COc2ccc(OC)cc2)n1-c1ccc(C)c(Cl)c1. The first kappa shape index (κ1) is 24.9. The van der Waals surface area contributed by atoms with Gasteiger partial charge in [0.2, 0.25) is 5.91 Å². The van der Waals surface area contributed by atoms with Gasteiger partial charge in [-0.1, -0.05) is 42.8 Å². The lowest BCUT2D eigenvalue weighted by atomic mass is 10.2. The normalized spacial score (nSPS) is 11.8. The summed E-state index contributed by atoms with van der Waals surface area (Å²) < 4.78 is 13.0. The monoisotopic (exact) mass is 488 g/mol. The molecule has 1 unspecified atom stereocenters. The third-order valence-electron chi connectivity index (χ3n) is 5.00. The molecular formula is C24H29ClN4O3S. The topological polar surface area (TPSA) is 78.3 Å². The summed E-state index contributed by atoms with van der Waals surface area (Å²) in [6, 6.07) is 13.2. The predicted molar refractivity (Wildman–Crippen MR) is 132 cm³/mol. The number of hydrogen-bond acceptors (Lipinski definition) is 6. The predicted octanol–water partition coefficient (Wildman–Crippen LogP) is 5.21. The van der Waals surface area contributed by atoms with Crippen molar-refractivity contribution in [2.45, 2.75) is 51.4 Å². The molecule has 3 aromatic rings. The zero-order valence-corrected chi connectivity index (χ0v) is 20.9. The highest BCUT2D eigenvalue weighted by molar-refractivity contribution is 7.99. The van der Waals surface area contributed by atoms with Gasteiger partial charge < -0.3 is 14.8 Å². The van der Waals surface area contributed by atoms with Crippen molar-refractivity contribution in [3.8, 4) is 17.2 Å². The fourth-order valence-corrected chi connectivity index (χ4v) is 4.20. The molecule has 0 saturated heterocycles. The van der Waals surface area contributed by atoms with E-state index < -0.39 is 0 Å². The minimum Gasteiger partial charge on any atom is -0.497 e. The lowest BCUT2D eigenvalue weighted by Crippen LogP contribution is -2.33. The summed E-state index contributed by atoms with van der Waals surface area (Å²) in [5.41, 5.74) is 1.79. The number of rotatable bonds is 11. The molecule has 1 amide bonds. The number of carbonyl (C=O) groups is 1. The van der Waals surface area contributed by atoms with E-state index in [2.05, 4.69) is 22.4 Å². The van der Waals surface area contributed by atoms with Crippen molar-refractivity contribution < 1.29 is 14.3 Å². The molecule has 1 N–H and O–H groups in total. The van der Waals surface area contributed by atoms with Crippen LogP contribution in [0.1, 0.15) is 38.1 Å². The van der Waals surface area contributed by atoms with Crippen molar-refractivity contribution in [2.75, 3.05) is 12.9 Å². The van der Waals surface area contributed by atoms with Crippen molar-refractivity contribution in [3.05, 3.63) is 58.9 Å². The molecule has 176 valence electrons. The van der Waals surface area contributed by atoms with Gasteiger partial charge in [-0.25, -0.2) is 0 Å². The summed E-state index contributed by atoms with van der Waals surface area (Å²) in [6.07, 6.45) is 1.97. The van der Waals surface area contributed by atoms with E-state index in [0.29, 0.717) is 21.8 Å². The Kier molecular flexibility index (Phi) is 9.03. The molecule has 0 aliphatic carbocycles. The fourth-order valence-electron chi connectivity index (χ4n) is 3.24. The maximum absolute atomic E-state index is 12.4. The molecule has 0 bridgehead atoms. The van der Waals surface area contributed by atoms with Gasteiger partial charge in [0.05, 0.1) is 18.6 Å². The lowest BCUT2D eigenvalue weighted by molar-refractivity contribution is -0.119. The Morgan fingerprint density at radius 3 is 2.58 bits per heavy atom. The second kappa shape index (κ2) is 12.0. The number of amides is 1. The van der Waals surface area contributed by atoms with Gasteiger partial charge in [0.25, 0.3) is 0 Å². The maximum Gasteiger partial charge on any atom is 0.230 e.